The Morgan fingerprint density at radius 3 is 2.29 bits per heavy atom. The van der Waals surface area contributed by atoms with Gasteiger partial charge < -0.3 is 10.0 Å². The standard InChI is InChI=1S/C13H11F4NO3/c14-12(11(20)21)7-18(10(19)13(15,16)17)6-9(12)8-4-2-1-3-5-8/h1-5,9H,6-7H2,(H,20,21)/t9-,12+/m0/s1. The summed E-state index contributed by atoms with van der Waals surface area (Å²) in [5.41, 5.74) is -2.71. The molecule has 0 bridgehead atoms. The van der Waals surface area contributed by atoms with Gasteiger partial charge in [-0.3, -0.25) is 4.79 Å². The number of carbonyl (C=O) groups is 2. The number of benzene rings is 1. The summed E-state index contributed by atoms with van der Waals surface area (Å²) in [6, 6.07) is 7.49. The quantitative estimate of drug-likeness (QED) is 0.850. The normalized spacial score (nSPS) is 25.9. The SMILES string of the molecule is O=C(N1C[C@@H](c2ccccc2)[C@@](F)(C(=O)O)C1)C(F)(F)F. The summed E-state index contributed by atoms with van der Waals surface area (Å²) in [7, 11) is 0. The smallest absolute Gasteiger partial charge is 0.471 e. The van der Waals surface area contributed by atoms with Crippen molar-refractivity contribution in [3.8, 4) is 0 Å². The van der Waals surface area contributed by atoms with Crippen molar-refractivity contribution < 1.29 is 32.3 Å². The van der Waals surface area contributed by atoms with Crippen LogP contribution in [0.1, 0.15) is 11.5 Å². The van der Waals surface area contributed by atoms with E-state index in [-0.39, 0.29) is 10.5 Å². The lowest BCUT2D eigenvalue weighted by atomic mass is 9.86. The van der Waals surface area contributed by atoms with Crippen molar-refractivity contribution in [1.29, 1.82) is 0 Å². The van der Waals surface area contributed by atoms with Crippen molar-refractivity contribution in [3.05, 3.63) is 35.9 Å². The molecular formula is C13H11F4NO3. The Morgan fingerprint density at radius 2 is 1.81 bits per heavy atom. The fraction of sp³-hybridized carbons (Fsp3) is 0.385. The van der Waals surface area contributed by atoms with Gasteiger partial charge in [-0.25, -0.2) is 9.18 Å². The van der Waals surface area contributed by atoms with Crippen molar-refractivity contribution >= 4 is 11.9 Å². The van der Waals surface area contributed by atoms with Crippen molar-refractivity contribution in [1.82, 2.24) is 4.90 Å². The van der Waals surface area contributed by atoms with Gasteiger partial charge in [-0.2, -0.15) is 13.2 Å². The van der Waals surface area contributed by atoms with Crippen LogP contribution in [0.4, 0.5) is 17.6 Å². The molecule has 1 N–H and O–H groups in total. The summed E-state index contributed by atoms with van der Waals surface area (Å²) in [6.07, 6.45) is -5.16. The van der Waals surface area contributed by atoms with Crippen LogP contribution in [0.15, 0.2) is 30.3 Å². The van der Waals surface area contributed by atoms with E-state index < -0.39 is 42.7 Å². The molecule has 4 nitrogen and oxygen atoms in total. The van der Waals surface area contributed by atoms with E-state index in [0.29, 0.717) is 0 Å². The number of hydrogen-bond acceptors (Lipinski definition) is 2. The van der Waals surface area contributed by atoms with E-state index in [0.717, 1.165) is 0 Å². The highest BCUT2D eigenvalue weighted by atomic mass is 19.4. The van der Waals surface area contributed by atoms with Crippen LogP contribution in [0.2, 0.25) is 0 Å². The first-order chi connectivity index (χ1) is 9.66. The zero-order chi connectivity index (χ0) is 15.8. The lowest BCUT2D eigenvalue weighted by molar-refractivity contribution is -0.185. The molecule has 1 aromatic carbocycles. The van der Waals surface area contributed by atoms with Gasteiger partial charge in [0.05, 0.1) is 6.54 Å². The summed E-state index contributed by atoms with van der Waals surface area (Å²) < 4.78 is 51.9. The summed E-state index contributed by atoms with van der Waals surface area (Å²) in [5.74, 6) is -5.46. The lowest BCUT2D eigenvalue weighted by Gasteiger charge is -2.21. The number of carboxylic acids is 1. The molecule has 1 saturated heterocycles. The molecule has 1 amide bonds. The van der Waals surface area contributed by atoms with Crippen LogP contribution in [0.25, 0.3) is 0 Å². The second-order valence-corrected chi connectivity index (χ2v) is 4.81. The lowest BCUT2D eigenvalue weighted by Crippen LogP contribution is -2.44. The fourth-order valence-corrected chi connectivity index (χ4v) is 2.42. The van der Waals surface area contributed by atoms with E-state index in [2.05, 4.69) is 0 Å². The Hall–Kier alpha value is -2.12. The van der Waals surface area contributed by atoms with E-state index in [1.807, 2.05) is 0 Å². The summed E-state index contributed by atoms with van der Waals surface area (Å²) >= 11 is 0. The zero-order valence-corrected chi connectivity index (χ0v) is 10.6. The van der Waals surface area contributed by atoms with Gasteiger partial charge in [-0.05, 0) is 5.56 Å². The maximum Gasteiger partial charge on any atom is 0.471 e. The molecule has 1 aliphatic rings. The third-order valence-corrected chi connectivity index (χ3v) is 3.46. The molecular weight excluding hydrogens is 294 g/mol. The maximum atomic E-state index is 14.6. The number of aliphatic carboxylic acids is 1. The van der Waals surface area contributed by atoms with E-state index in [1.165, 1.54) is 24.3 Å². The molecule has 0 spiro atoms. The Balaban J connectivity index is 2.36. The van der Waals surface area contributed by atoms with Crippen LogP contribution in [-0.2, 0) is 9.59 Å². The highest BCUT2D eigenvalue weighted by Gasteiger charge is 2.58. The molecule has 114 valence electrons. The van der Waals surface area contributed by atoms with Gasteiger partial charge in [0, 0.05) is 12.5 Å². The molecule has 2 rings (SSSR count). The largest absolute Gasteiger partial charge is 0.479 e. The first-order valence-electron chi connectivity index (χ1n) is 5.99. The number of amides is 1. The van der Waals surface area contributed by atoms with Crippen LogP contribution >= 0.6 is 0 Å². The van der Waals surface area contributed by atoms with Crippen LogP contribution in [0, 0.1) is 0 Å². The number of nitrogens with zero attached hydrogens (tertiary/aromatic N) is 1. The highest BCUT2D eigenvalue weighted by molar-refractivity contribution is 5.86. The minimum atomic E-state index is -5.16. The molecule has 8 heteroatoms. The zero-order valence-electron chi connectivity index (χ0n) is 10.6. The highest BCUT2D eigenvalue weighted by Crippen LogP contribution is 2.40. The summed E-state index contributed by atoms with van der Waals surface area (Å²) in [6.45, 7) is -1.76. The molecule has 2 atom stereocenters. The number of likely N-dealkylation sites (tertiary alicyclic amines) is 1. The molecule has 1 aromatic rings. The average molecular weight is 305 g/mol. The topological polar surface area (TPSA) is 57.6 Å². The van der Waals surface area contributed by atoms with Crippen LogP contribution in [-0.4, -0.2) is 46.8 Å². The van der Waals surface area contributed by atoms with Gasteiger partial charge in [0.25, 0.3) is 0 Å². The molecule has 0 aromatic heterocycles. The molecule has 0 aliphatic carbocycles. The first kappa shape index (κ1) is 15.3. The minimum absolute atomic E-state index is 0.200. The van der Waals surface area contributed by atoms with Gasteiger partial charge >= 0.3 is 18.1 Å². The van der Waals surface area contributed by atoms with Gasteiger partial charge in [0.15, 0.2) is 0 Å². The molecule has 1 heterocycles. The Labute approximate surface area is 117 Å². The monoisotopic (exact) mass is 305 g/mol. The molecule has 0 radical (unpaired) electrons. The third kappa shape index (κ3) is 2.70. The molecule has 0 unspecified atom stereocenters. The van der Waals surface area contributed by atoms with Crippen molar-refractivity contribution in [2.75, 3.05) is 13.1 Å². The average Bonchev–Trinajstić information content (AvgIpc) is 2.77. The van der Waals surface area contributed by atoms with Gasteiger partial charge in [0.1, 0.15) is 0 Å². The number of carbonyl (C=O) groups excluding carboxylic acids is 1. The summed E-state index contributed by atoms with van der Waals surface area (Å²) in [4.78, 5) is 22.5. The second-order valence-electron chi connectivity index (χ2n) is 4.81. The predicted octanol–water partition coefficient (Wildman–Crippen LogP) is 1.97. The fourth-order valence-electron chi connectivity index (χ4n) is 2.42. The molecule has 1 fully saturated rings. The van der Waals surface area contributed by atoms with Crippen molar-refractivity contribution in [3.63, 3.8) is 0 Å². The first-order valence-corrected chi connectivity index (χ1v) is 5.99. The van der Waals surface area contributed by atoms with Gasteiger partial charge in [-0.1, -0.05) is 30.3 Å². The minimum Gasteiger partial charge on any atom is -0.479 e. The van der Waals surface area contributed by atoms with E-state index in [9.17, 15) is 27.2 Å². The maximum absolute atomic E-state index is 14.6. The Kier molecular flexibility index (Phi) is 3.65. The van der Waals surface area contributed by atoms with E-state index >= 15 is 0 Å². The summed E-state index contributed by atoms with van der Waals surface area (Å²) in [5, 5.41) is 9.01. The van der Waals surface area contributed by atoms with E-state index in [4.69, 9.17) is 5.11 Å². The van der Waals surface area contributed by atoms with Crippen molar-refractivity contribution in [2.45, 2.75) is 17.8 Å². The van der Waals surface area contributed by atoms with E-state index in [1.54, 1.807) is 6.07 Å². The van der Waals surface area contributed by atoms with Crippen LogP contribution in [0.5, 0.6) is 0 Å². The van der Waals surface area contributed by atoms with Crippen LogP contribution in [0.3, 0.4) is 0 Å². The Bertz CT molecular complexity index is 560. The molecule has 0 saturated carbocycles. The second kappa shape index (κ2) is 5.01. The molecule has 1 aliphatic heterocycles. The van der Waals surface area contributed by atoms with Crippen LogP contribution < -0.4 is 0 Å². The molecule has 21 heavy (non-hydrogen) atoms. The number of alkyl halides is 4. The van der Waals surface area contributed by atoms with Crippen molar-refractivity contribution in [2.24, 2.45) is 0 Å². The Morgan fingerprint density at radius 1 is 1.24 bits per heavy atom. The third-order valence-electron chi connectivity index (χ3n) is 3.46. The number of carboxylic acid groups (broad SMARTS) is 1. The number of hydrogen-bond donors (Lipinski definition) is 1. The van der Waals surface area contributed by atoms with Gasteiger partial charge in [0.2, 0.25) is 5.67 Å². The van der Waals surface area contributed by atoms with Gasteiger partial charge in [-0.15, -0.1) is 0 Å². The number of rotatable bonds is 2. The predicted molar refractivity (Wildman–Crippen MR) is 63.3 cm³/mol. The number of halogens is 4.